The van der Waals surface area contributed by atoms with Gasteiger partial charge in [-0.25, -0.2) is 9.36 Å². The van der Waals surface area contributed by atoms with E-state index in [4.69, 9.17) is 0 Å². The molecule has 1 aromatic heterocycles. The van der Waals surface area contributed by atoms with E-state index in [9.17, 15) is 4.79 Å². The summed E-state index contributed by atoms with van der Waals surface area (Å²) in [6.07, 6.45) is 1.89. The summed E-state index contributed by atoms with van der Waals surface area (Å²) in [5.74, 6) is 0. The van der Waals surface area contributed by atoms with E-state index in [0.717, 1.165) is 17.8 Å². The van der Waals surface area contributed by atoms with E-state index in [1.54, 1.807) is 10.6 Å². The van der Waals surface area contributed by atoms with Crippen molar-refractivity contribution in [3.63, 3.8) is 0 Å². The molecule has 88 valence electrons. The maximum absolute atomic E-state index is 11.9. The van der Waals surface area contributed by atoms with Crippen molar-refractivity contribution in [3.05, 3.63) is 53.1 Å². The summed E-state index contributed by atoms with van der Waals surface area (Å²) in [6.45, 7) is 5.61. The van der Waals surface area contributed by atoms with Crippen LogP contribution in [0.3, 0.4) is 0 Å². The van der Waals surface area contributed by atoms with Gasteiger partial charge in [-0.3, -0.25) is 0 Å². The summed E-state index contributed by atoms with van der Waals surface area (Å²) >= 11 is 0. The number of aromatic nitrogens is 2. The van der Waals surface area contributed by atoms with Crippen LogP contribution < -0.4 is 10.1 Å². The molecular formula is C14H17N2O+. The SMILES string of the molecule is CCn1c[n+](CC)c(-c2ccccc2)cc1=O. The summed E-state index contributed by atoms with van der Waals surface area (Å²) in [5, 5.41) is 0. The van der Waals surface area contributed by atoms with E-state index in [-0.39, 0.29) is 5.56 Å². The van der Waals surface area contributed by atoms with Gasteiger partial charge in [0, 0.05) is 5.56 Å². The topological polar surface area (TPSA) is 25.9 Å². The Bertz CT molecular complexity index is 558. The lowest BCUT2D eigenvalue weighted by molar-refractivity contribution is -0.687. The second kappa shape index (κ2) is 4.95. The average molecular weight is 229 g/mol. The quantitative estimate of drug-likeness (QED) is 0.737. The number of aryl methyl sites for hydroxylation is 2. The van der Waals surface area contributed by atoms with E-state index in [0.29, 0.717) is 6.54 Å². The first-order chi connectivity index (χ1) is 8.26. The van der Waals surface area contributed by atoms with Crippen LogP contribution in [0.1, 0.15) is 13.8 Å². The van der Waals surface area contributed by atoms with Crippen molar-refractivity contribution in [2.24, 2.45) is 0 Å². The van der Waals surface area contributed by atoms with Crippen molar-refractivity contribution >= 4 is 0 Å². The zero-order valence-corrected chi connectivity index (χ0v) is 10.3. The first kappa shape index (κ1) is 11.6. The summed E-state index contributed by atoms with van der Waals surface area (Å²) < 4.78 is 3.82. The van der Waals surface area contributed by atoms with Gasteiger partial charge in [0.15, 0.2) is 0 Å². The van der Waals surface area contributed by atoms with E-state index in [1.165, 1.54) is 0 Å². The summed E-state index contributed by atoms with van der Waals surface area (Å²) in [5.41, 5.74) is 2.11. The van der Waals surface area contributed by atoms with Gasteiger partial charge >= 0.3 is 5.56 Å². The molecule has 0 saturated heterocycles. The van der Waals surface area contributed by atoms with E-state index < -0.39 is 0 Å². The maximum Gasteiger partial charge on any atom is 0.337 e. The number of nitrogens with zero attached hydrogens (tertiary/aromatic N) is 2. The molecule has 2 rings (SSSR count). The van der Waals surface area contributed by atoms with Crippen molar-refractivity contribution in [2.75, 3.05) is 0 Å². The highest BCUT2D eigenvalue weighted by Gasteiger charge is 2.12. The Kier molecular flexibility index (Phi) is 3.38. The van der Waals surface area contributed by atoms with Gasteiger partial charge in [-0.2, -0.15) is 4.57 Å². The predicted octanol–water partition coefficient (Wildman–Crippen LogP) is 1.84. The van der Waals surface area contributed by atoms with E-state index in [1.807, 2.05) is 43.6 Å². The van der Waals surface area contributed by atoms with Gasteiger partial charge in [0.1, 0.15) is 5.69 Å². The largest absolute Gasteiger partial charge is 0.337 e. The molecule has 0 bridgehead atoms. The lowest BCUT2D eigenvalue weighted by Gasteiger charge is -2.06. The molecule has 0 fully saturated rings. The Morgan fingerprint density at radius 3 is 2.47 bits per heavy atom. The highest BCUT2D eigenvalue weighted by molar-refractivity contribution is 5.55. The Balaban J connectivity index is 2.62. The van der Waals surface area contributed by atoms with Gasteiger partial charge in [0.25, 0.3) is 0 Å². The van der Waals surface area contributed by atoms with Gasteiger partial charge in [-0.05, 0) is 13.8 Å². The molecule has 3 nitrogen and oxygen atoms in total. The van der Waals surface area contributed by atoms with Crippen LogP contribution in [-0.2, 0) is 13.1 Å². The molecule has 0 spiro atoms. The first-order valence-corrected chi connectivity index (χ1v) is 5.95. The smallest absolute Gasteiger partial charge is 0.241 e. The van der Waals surface area contributed by atoms with Crippen molar-refractivity contribution in [3.8, 4) is 11.3 Å². The van der Waals surface area contributed by atoms with Crippen LogP contribution in [0.15, 0.2) is 47.5 Å². The third-order valence-electron chi connectivity index (χ3n) is 2.88. The minimum atomic E-state index is 0.0519. The number of benzene rings is 1. The molecule has 0 saturated carbocycles. The van der Waals surface area contributed by atoms with Crippen LogP contribution in [0.4, 0.5) is 0 Å². The van der Waals surface area contributed by atoms with Gasteiger partial charge in [0.05, 0.1) is 19.2 Å². The lowest BCUT2D eigenvalue weighted by atomic mass is 10.1. The van der Waals surface area contributed by atoms with E-state index >= 15 is 0 Å². The Labute approximate surface area is 101 Å². The van der Waals surface area contributed by atoms with E-state index in [2.05, 4.69) is 11.5 Å². The van der Waals surface area contributed by atoms with Crippen LogP contribution in [-0.4, -0.2) is 4.57 Å². The predicted molar refractivity (Wildman–Crippen MR) is 67.7 cm³/mol. The molecule has 0 N–H and O–H groups in total. The molecular weight excluding hydrogens is 212 g/mol. The average Bonchev–Trinajstić information content (AvgIpc) is 2.39. The molecule has 0 aliphatic rings. The monoisotopic (exact) mass is 229 g/mol. The first-order valence-electron chi connectivity index (χ1n) is 5.95. The second-order valence-corrected chi connectivity index (χ2v) is 3.92. The van der Waals surface area contributed by atoms with Gasteiger partial charge in [-0.15, -0.1) is 0 Å². The third kappa shape index (κ3) is 2.28. The number of rotatable bonds is 3. The van der Waals surface area contributed by atoms with Crippen molar-refractivity contribution in [1.82, 2.24) is 4.57 Å². The Morgan fingerprint density at radius 1 is 1.18 bits per heavy atom. The molecule has 1 aromatic carbocycles. The fourth-order valence-electron chi connectivity index (χ4n) is 1.92. The molecule has 3 heteroatoms. The molecule has 0 aliphatic heterocycles. The molecule has 17 heavy (non-hydrogen) atoms. The van der Waals surface area contributed by atoms with Crippen molar-refractivity contribution in [2.45, 2.75) is 26.9 Å². The van der Waals surface area contributed by atoms with Gasteiger partial charge in [-0.1, -0.05) is 30.3 Å². The molecule has 2 aromatic rings. The normalized spacial score (nSPS) is 10.5. The zero-order valence-electron chi connectivity index (χ0n) is 10.3. The Morgan fingerprint density at radius 2 is 1.88 bits per heavy atom. The second-order valence-electron chi connectivity index (χ2n) is 3.92. The van der Waals surface area contributed by atoms with Crippen LogP contribution in [0, 0.1) is 0 Å². The highest BCUT2D eigenvalue weighted by atomic mass is 16.1. The molecule has 0 unspecified atom stereocenters. The van der Waals surface area contributed by atoms with Crippen molar-refractivity contribution < 1.29 is 4.57 Å². The Hall–Kier alpha value is -1.90. The molecule has 0 radical (unpaired) electrons. The summed E-state index contributed by atoms with van der Waals surface area (Å²) in [7, 11) is 0. The third-order valence-corrected chi connectivity index (χ3v) is 2.88. The minimum absolute atomic E-state index is 0.0519. The maximum atomic E-state index is 11.9. The molecule has 0 atom stereocenters. The zero-order chi connectivity index (χ0) is 12.3. The standard InChI is InChI=1S/C14H17N2O/c1-3-15-11-16(4-2)14(17)10-13(15)12-8-6-5-7-9-12/h5-11H,3-4H2,1-2H3/q+1. The fraction of sp³-hybridized carbons (Fsp3) is 0.286. The minimum Gasteiger partial charge on any atom is -0.241 e. The van der Waals surface area contributed by atoms with Crippen LogP contribution in [0.25, 0.3) is 11.3 Å². The van der Waals surface area contributed by atoms with Crippen LogP contribution in [0.2, 0.25) is 0 Å². The van der Waals surface area contributed by atoms with Crippen LogP contribution >= 0.6 is 0 Å². The van der Waals surface area contributed by atoms with Crippen molar-refractivity contribution in [1.29, 1.82) is 0 Å². The van der Waals surface area contributed by atoms with Gasteiger partial charge < -0.3 is 0 Å². The number of hydrogen-bond donors (Lipinski definition) is 0. The number of hydrogen-bond acceptors (Lipinski definition) is 1. The summed E-state index contributed by atoms with van der Waals surface area (Å²) in [4.78, 5) is 11.9. The molecule has 1 heterocycles. The fourth-order valence-corrected chi connectivity index (χ4v) is 1.92. The lowest BCUT2D eigenvalue weighted by Crippen LogP contribution is -2.41. The summed E-state index contributed by atoms with van der Waals surface area (Å²) in [6, 6.07) is 11.7. The molecule has 0 amide bonds. The van der Waals surface area contributed by atoms with Crippen LogP contribution in [0.5, 0.6) is 0 Å². The van der Waals surface area contributed by atoms with Gasteiger partial charge in [0.2, 0.25) is 6.33 Å². The highest BCUT2D eigenvalue weighted by Crippen LogP contribution is 2.12. The molecule has 0 aliphatic carbocycles.